The Morgan fingerprint density at radius 3 is 2.50 bits per heavy atom. The Hall–Kier alpha value is -5.03. The fraction of sp³-hybridized carbons (Fsp3) is 0.450. The van der Waals surface area contributed by atoms with Gasteiger partial charge in [-0.05, 0) is 81.3 Å². The number of fused-ring (bicyclic) bond motifs is 2. The molecule has 56 heavy (non-hydrogen) atoms. The lowest BCUT2D eigenvalue weighted by atomic mass is 9.82. The van der Waals surface area contributed by atoms with Gasteiger partial charge in [-0.25, -0.2) is 0 Å². The molecule has 4 aliphatic heterocycles. The predicted molar refractivity (Wildman–Crippen MR) is 210 cm³/mol. The molecule has 1 aromatic heterocycles. The van der Waals surface area contributed by atoms with Crippen LogP contribution in [0, 0.1) is 16.0 Å². The smallest absolute Gasteiger partial charge is 0.269 e. The monoisotopic (exact) mass is 782 g/mol. The van der Waals surface area contributed by atoms with Gasteiger partial charge < -0.3 is 29.1 Å². The van der Waals surface area contributed by atoms with Crippen molar-refractivity contribution in [3.8, 4) is 0 Å². The first kappa shape index (κ1) is 37.9. The lowest BCUT2D eigenvalue weighted by Crippen LogP contribution is -2.55. The molecule has 4 aromatic rings. The molecular weight excluding hydrogens is 736 g/mol. The normalized spacial score (nSPS) is 24.5. The second kappa shape index (κ2) is 14.5. The number of nitro benzene ring substituents is 1. The van der Waals surface area contributed by atoms with Gasteiger partial charge in [-0.2, -0.15) is 0 Å². The molecule has 3 fully saturated rings. The third-order valence-corrected chi connectivity index (χ3v) is 14.7. The average molecular weight is 783 g/mol. The molecule has 8 rings (SSSR count). The number of rotatable bonds is 11. The standard InChI is InChI=1S/C40H47FN8O6Si/c1-27-36(56(2,3)41)35(14-20-45-25-29(15-21-50)43-44-45)55-40(27)33-23-32(49(53)54)12-13-34(33)46(38(40)52)24-28-8-7-11-31(22-28)47-26-48(30-9-5-4-6-10-30)39(37(47)51)16-18-42-19-17-39/h4-13,22-23,25,27,35-36,42,50H,14-21,24,26H2,1-3H3/t27-,35+,36-,40+/m0/s1. The fourth-order valence-corrected chi connectivity index (χ4v) is 12.2. The van der Waals surface area contributed by atoms with Crippen LogP contribution in [0.2, 0.25) is 18.6 Å². The van der Waals surface area contributed by atoms with Gasteiger partial charge in [-0.3, -0.25) is 29.3 Å². The van der Waals surface area contributed by atoms with Crippen molar-refractivity contribution in [2.75, 3.05) is 41.1 Å². The summed E-state index contributed by atoms with van der Waals surface area (Å²) < 4.78 is 24.9. The number of anilines is 3. The first-order chi connectivity index (χ1) is 26.9. The molecule has 0 saturated carbocycles. The molecular formula is C40H47FN8O6Si. The number of hydrogen-bond acceptors (Lipinski definition) is 10. The van der Waals surface area contributed by atoms with Crippen LogP contribution in [-0.2, 0) is 39.4 Å². The number of nitro groups is 1. The van der Waals surface area contributed by atoms with Crippen LogP contribution in [0.1, 0.15) is 43.0 Å². The van der Waals surface area contributed by atoms with Crippen LogP contribution >= 0.6 is 0 Å². The Balaban J connectivity index is 1.12. The zero-order valence-corrected chi connectivity index (χ0v) is 32.8. The molecule has 5 heterocycles. The number of hydrogen-bond donors (Lipinski definition) is 2. The summed E-state index contributed by atoms with van der Waals surface area (Å²) in [5, 5.41) is 33.1. The molecule has 0 aliphatic carbocycles. The van der Waals surface area contributed by atoms with Crippen LogP contribution in [0.15, 0.2) is 79.0 Å². The molecule has 3 saturated heterocycles. The van der Waals surface area contributed by atoms with Crippen molar-refractivity contribution < 1.29 is 28.5 Å². The number of aliphatic hydroxyl groups excluding tert-OH is 1. The molecule has 2 N–H and O–H groups in total. The summed E-state index contributed by atoms with van der Waals surface area (Å²) in [4.78, 5) is 46.7. The first-order valence-electron chi connectivity index (χ1n) is 19.3. The largest absolute Gasteiger partial charge is 0.396 e. The molecule has 2 spiro atoms. The van der Waals surface area contributed by atoms with E-state index in [4.69, 9.17) is 4.74 Å². The van der Waals surface area contributed by atoms with E-state index >= 15 is 8.90 Å². The molecule has 14 nitrogen and oxygen atoms in total. The third kappa shape index (κ3) is 6.28. The van der Waals surface area contributed by atoms with E-state index in [9.17, 15) is 20.0 Å². The number of carbonyl (C=O) groups excluding carboxylic acids is 2. The number of ether oxygens (including phenoxy) is 1. The Morgan fingerprint density at radius 1 is 1.04 bits per heavy atom. The van der Waals surface area contributed by atoms with E-state index in [1.165, 1.54) is 12.1 Å². The zero-order valence-electron chi connectivity index (χ0n) is 31.8. The average Bonchev–Trinajstić information content (AvgIpc) is 3.90. The predicted octanol–water partition coefficient (Wildman–Crippen LogP) is 5.07. The quantitative estimate of drug-likeness (QED) is 0.0912. The highest BCUT2D eigenvalue weighted by molar-refractivity contribution is 6.72. The van der Waals surface area contributed by atoms with Gasteiger partial charge >= 0.3 is 0 Å². The highest BCUT2D eigenvalue weighted by Gasteiger charge is 2.67. The Kier molecular flexibility index (Phi) is 9.79. The number of aromatic nitrogens is 3. The number of non-ortho nitro benzene ring substituents is 1. The van der Waals surface area contributed by atoms with Gasteiger partial charge in [0.2, 0.25) is 8.41 Å². The topological polar surface area (TPSA) is 159 Å². The van der Waals surface area contributed by atoms with E-state index in [2.05, 4.69) is 20.5 Å². The van der Waals surface area contributed by atoms with Crippen LogP contribution in [-0.4, -0.2) is 83.3 Å². The summed E-state index contributed by atoms with van der Waals surface area (Å²) in [6.07, 6.45) is 3.08. The van der Waals surface area contributed by atoms with Crippen molar-refractivity contribution in [2.24, 2.45) is 5.92 Å². The van der Waals surface area contributed by atoms with Crippen LogP contribution in [0.5, 0.6) is 0 Å². The Bertz CT molecular complexity index is 2140. The zero-order chi connectivity index (χ0) is 39.4. The minimum Gasteiger partial charge on any atom is -0.396 e. The van der Waals surface area contributed by atoms with Gasteiger partial charge in [0, 0.05) is 66.3 Å². The maximum absolute atomic E-state index is 16.4. The molecule has 0 unspecified atom stereocenters. The van der Waals surface area contributed by atoms with E-state index in [1.807, 2.05) is 66.4 Å². The van der Waals surface area contributed by atoms with Crippen LogP contribution < -0.4 is 20.0 Å². The van der Waals surface area contributed by atoms with E-state index in [-0.39, 0.29) is 24.7 Å². The van der Waals surface area contributed by atoms with Crippen LogP contribution in [0.4, 0.5) is 26.9 Å². The minimum atomic E-state index is -3.50. The number of carbonyl (C=O) groups is 2. The molecule has 4 aliphatic rings. The van der Waals surface area contributed by atoms with Crippen LogP contribution in [0.3, 0.4) is 0 Å². The maximum atomic E-state index is 16.4. The Labute approximate surface area is 325 Å². The highest BCUT2D eigenvalue weighted by Crippen LogP contribution is 2.60. The van der Waals surface area contributed by atoms with Gasteiger partial charge in [0.05, 0.1) is 35.6 Å². The number of aryl methyl sites for hydroxylation is 1. The highest BCUT2D eigenvalue weighted by atomic mass is 28.4. The summed E-state index contributed by atoms with van der Waals surface area (Å²) in [5.41, 5.74) is 0.770. The third-order valence-electron chi connectivity index (χ3n) is 12.3. The lowest BCUT2D eigenvalue weighted by Gasteiger charge is -2.39. The number of aliphatic hydroxyl groups is 1. The van der Waals surface area contributed by atoms with Gasteiger partial charge in [0.25, 0.3) is 17.5 Å². The molecule has 4 atom stereocenters. The lowest BCUT2D eigenvalue weighted by molar-refractivity contribution is -0.385. The van der Waals surface area contributed by atoms with Crippen molar-refractivity contribution in [2.45, 2.75) is 81.6 Å². The van der Waals surface area contributed by atoms with Crippen molar-refractivity contribution >= 4 is 43.0 Å². The number of amides is 2. The van der Waals surface area contributed by atoms with Crippen LogP contribution in [0.25, 0.3) is 0 Å². The molecule has 0 bridgehead atoms. The molecule has 2 amide bonds. The first-order valence-corrected chi connectivity index (χ1v) is 22.2. The Morgan fingerprint density at radius 2 is 1.79 bits per heavy atom. The van der Waals surface area contributed by atoms with Gasteiger partial charge in [-0.1, -0.05) is 42.5 Å². The van der Waals surface area contributed by atoms with Crippen molar-refractivity contribution in [1.82, 2.24) is 20.3 Å². The number of nitrogens with one attached hydrogen (secondary N) is 1. The molecule has 16 heteroatoms. The summed E-state index contributed by atoms with van der Waals surface area (Å²) >= 11 is 0. The van der Waals surface area contributed by atoms with Gasteiger partial charge in [0.1, 0.15) is 5.54 Å². The van der Waals surface area contributed by atoms with E-state index in [1.54, 1.807) is 34.9 Å². The summed E-state index contributed by atoms with van der Waals surface area (Å²) in [6, 6.07) is 22.0. The second-order valence-corrected chi connectivity index (χ2v) is 19.7. The van der Waals surface area contributed by atoms with Gasteiger partial charge in [-0.15, -0.1) is 5.10 Å². The fourth-order valence-electron chi connectivity index (χ4n) is 9.68. The summed E-state index contributed by atoms with van der Waals surface area (Å²) in [5.74, 6) is -1.01. The summed E-state index contributed by atoms with van der Waals surface area (Å²) in [6.45, 7) is 7.27. The SMILES string of the molecule is C[C@H]1[C@H]([Si](C)(C)F)[C@@H](CCn2cc(CCO)nn2)O[C@]12C(=O)N(Cc1cccc(N3CN(c4ccccc4)C4(CCNCC4)C3=O)c1)c1ccc([N+](=O)[O-])cc12. The minimum absolute atomic E-state index is 0.0349. The number of para-hydroxylation sites is 1. The van der Waals surface area contributed by atoms with E-state index in [0.29, 0.717) is 61.5 Å². The maximum Gasteiger partial charge on any atom is 0.269 e. The van der Waals surface area contributed by atoms with E-state index < -0.39 is 47.9 Å². The van der Waals surface area contributed by atoms with Crippen molar-refractivity contribution in [3.05, 3.63) is 106 Å². The number of halogens is 1. The second-order valence-electron chi connectivity index (χ2n) is 15.9. The summed E-state index contributed by atoms with van der Waals surface area (Å²) in [7, 11) is -3.50. The molecule has 294 valence electrons. The number of piperidine rings is 1. The van der Waals surface area contributed by atoms with Gasteiger partial charge in [0.15, 0.2) is 5.60 Å². The van der Waals surface area contributed by atoms with Crippen molar-refractivity contribution in [1.29, 1.82) is 0 Å². The van der Waals surface area contributed by atoms with E-state index in [0.717, 1.165) is 24.3 Å². The molecule has 3 aromatic carbocycles. The number of nitrogens with zero attached hydrogens (tertiary/aromatic N) is 7. The number of benzene rings is 3. The molecule has 0 radical (unpaired) electrons. The van der Waals surface area contributed by atoms with Crippen molar-refractivity contribution in [3.63, 3.8) is 0 Å².